The maximum atomic E-state index is 11.0. The fourth-order valence-corrected chi connectivity index (χ4v) is 1.51. The number of nitrogens with one attached hydrogen (secondary N) is 1. The van der Waals surface area contributed by atoms with Gasteiger partial charge in [0, 0.05) is 18.6 Å². The van der Waals surface area contributed by atoms with E-state index in [1.807, 2.05) is 6.92 Å². The first kappa shape index (κ1) is 11.6. The van der Waals surface area contributed by atoms with Gasteiger partial charge in [-0.3, -0.25) is 0 Å². The first-order chi connectivity index (χ1) is 5.55. The zero-order valence-corrected chi connectivity index (χ0v) is 8.23. The largest absolute Gasteiger partial charge is 0.383 e. The molecule has 0 aromatic heterocycles. The highest BCUT2D eigenvalue weighted by Crippen LogP contribution is 1.95. The second-order valence-electron chi connectivity index (χ2n) is 2.39. The summed E-state index contributed by atoms with van der Waals surface area (Å²) in [6.45, 7) is 5.45. The van der Waals surface area contributed by atoms with Crippen molar-refractivity contribution in [3.63, 3.8) is 0 Å². The van der Waals surface area contributed by atoms with Gasteiger partial charge in [0.15, 0.2) is 0 Å². The van der Waals surface area contributed by atoms with E-state index in [2.05, 4.69) is 11.3 Å². The van der Waals surface area contributed by atoms with E-state index in [4.69, 9.17) is 4.74 Å². The van der Waals surface area contributed by atoms with Crippen LogP contribution in [-0.4, -0.2) is 28.2 Å². The molecule has 1 N–H and O–H groups in total. The molecule has 0 amide bonds. The van der Waals surface area contributed by atoms with Crippen molar-refractivity contribution >= 4 is 10.0 Å². The SMILES string of the molecule is C=CS(=O)(=O)NC(CC)COC. The maximum absolute atomic E-state index is 11.0. The van der Waals surface area contributed by atoms with Crippen LogP contribution in [0.2, 0.25) is 0 Å². The molecule has 0 aromatic carbocycles. The Labute approximate surface area is 73.7 Å². The van der Waals surface area contributed by atoms with Crippen molar-refractivity contribution in [1.29, 1.82) is 0 Å². The van der Waals surface area contributed by atoms with Crippen LogP contribution in [0.4, 0.5) is 0 Å². The third kappa shape index (κ3) is 4.48. The van der Waals surface area contributed by atoms with Gasteiger partial charge in [-0.05, 0) is 6.42 Å². The number of ether oxygens (including phenoxy) is 1. The molecule has 12 heavy (non-hydrogen) atoms. The van der Waals surface area contributed by atoms with E-state index in [1.165, 1.54) is 7.11 Å². The molecule has 1 unspecified atom stereocenters. The van der Waals surface area contributed by atoms with Gasteiger partial charge in [-0.1, -0.05) is 13.5 Å². The molecule has 0 bridgehead atoms. The Morgan fingerprint density at radius 1 is 1.67 bits per heavy atom. The van der Waals surface area contributed by atoms with Crippen LogP contribution in [-0.2, 0) is 14.8 Å². The lowest BCUT2D eigenvalue weighted by Gasteiger charge is -2.13. The monoisotopic (exact) mass is 193 g/mol. The van der Waals surface area contributed by atoms with Gasteiger partial charge in [-0.15, -0.1) is 0 Å². The molecule has 0 saturated heterocycles. The normalized spacial score (nSPS) is 14.2. The van der Waals surface area contributed by atoms with Crippen molar-refractivity contribution in [2.75, 3.05) is 13.7 Å². The predicted molar refractivity (Wildman–Crippen MR) is 48.2 cm³/mol. The molecular weight excluding hydrogens is 178 g/mol. The van der Waals surface area contributed by atoms with Crippen LogP contribution < -0.4 is 4.72 Å². The zero-order chi connectivity index (χ0) is 9.61. The van der Waals surface area contributed by atoms with Crippen LogP contribution in [0.15, 0.2) is 12.0 Å². The van der Waals surface area contributed by atoms with Gasteiger partial charge in [0.05, 0.1) is 6.61 Å². The summed E-state index contributed by atoms with van der Waals surface area (Å²) in [5.74, 6) is 0. The highest BCUT2D eigenvalue weighted by molar-refractivity contribution is 7.92. The van der Waals surface area contributed by atoms with Crippen LogP contribution in [0.5, 0.6) is 0 Å². The second kappa shape index (κ2) is 5.29. The Kier molecular flexibility index (Phi) is 5.12. The Hall–Kier alpha value is -0.390. The summed E-state index contributed by atoms with van der Waals surface area (Å²) in [6, 6.07) is -0.169. The van der Waals surface area contributed by atoms with Crippen LogP contribution in [0, 0.1) is 0 Å². The molecule has 0 aromatic rings. The Morgan fingerprint density at radius 2 is 2.25 bits per heavy atom. The van der Waals surface area contributed by atoms with E-state index >= 15 is 0 Å². The van der Waals surface area contributed by atoms with Gasteiger partial charge < -0.3 is 4.74 Å². The van der Waals surface area contributed by atoms with Gasteiger partial charge in [0.2, 0.25) is 10.0 Å². The van der Waals surface area contributed by atoms with E-state index in [1.54, 1.807) is 0 Å². The zero-order valence-electron chi connectivity index (χ0n) is 7.41. The molecule has 0 aliphatic carbocycles. The van der Waals surface area contributed by atoms with Gasteiger partial charge in [0.25, 0.3) is 0 Å². The quantitative estimate of drug-likeness (QED) is 0.667. The van der Waals surface area contributed by atoms with Gasteiger partial charge in [-0.2, -0.15) is 0 Å². The smallest absolute Gasteiger partial charge is 0.233 e. The van der Waals surface area contributed by atoms with E-state index in [0.717, 1.165) is 5.41 Å². The average molecular weight is 193 g/mol. The summed E-state index contributed by atoms with van der Waals surface area (Å²) < 4.78 is 29.2. The van der Waals surface area contributed by atoms with E-state index in [9.17, 15) is 8.42 Å². The van der Waals surface area contributed by atoms with Crippen LogP contribution in [0.3, 0.4) is 0 Å². The maximum Gasteiger partial charge on any atom is 0.233 e. The molecule has 0 aliphatic heterocycles. The highest BCUT2D eigenvalue weighted by atomic mass is 32.2. The summed E-state index contributed by atoms with van der Waals surface area (Å²) in [5, 5.41) is 0.894. The lowest BCUT2D eigenvalue weighted by molar-refractivity contribution is 0.173. The van der Waals surface area contributed by atoms with Gasteiger partial charge in [0.1, 0.15) is 0 Å². The summed E-state index contributed by atoms with van der Waals surface area (Å²) in [6.07, 6.45) is 0.695. The van der Waals surface area contributed by atoms with Crippen LogP contribution >= 0.6 is 0 Å². The topological polar surface area (TPSA) is 55.4 Å². The third-order valence-corrected chi connectivity index (χ3v) is 2.51. The number of hydrogen-bond donors (Lipinski definition) is 1. The molecule has 5 heteroatoms. The summed E-state index contributed by atoms with van der Waals surface area (Å²) in [7, 11) is -1.79. The minimum Gasteiger partial charge on any atom is -0.383 e. The Morgan fingerprint density at radius 3 is 2.58 bits per heavy atom. The van der Waals surface area contributed by atoms with Crippen molar-refractivity contribution < 1.29 is 13.2 Å². The van der Waals surface area contributed by atoms with E-state index in [0.29, 0.717) is 13.0 Å². The van der Waals surface area contributed by atoms with Gasteiger partial charge >= 0.3 is 0 Å². The van der Waals surface area contributed by atoms with Gasteiger partial charge in [-0.25, -0.2) is 13.1 Å². The number of rotatable bonds is 6. The molecule has 0 heterocycles. The molecule has 0 spiro atoms. The molecule has 0 fully saturated rings. The van der Waals surface area contributed by atoms with E-state index in [-0.39, 0.29) is 6.04 Å². The minimum absolute atomic E-state index is 0.169. The second-order valence-corrected chi connectivity index (χ2v) is 4.05. The average Bonchev–Trinajstić information content (AvgIpc) is 2.03. The fourth-order valence-electron chi connectivity index (χ4n) is 0.717. The first-order valence-corrected chi connectivity index (χ1v) is 5.24. The highest BCUT2D eigenvalue weighted by Gasteiger charge is 2.12. The van der Waals surface area contributed by atoms with Crippen molar-refractivity contribution in [1.82, 2.24) is 4.72 Å². The standard InChI is InChI=1S/C7H15NO3S/c1-4-7(6-11-3)8-12(9,10)5-2/h5,7-8H,2,4,6H2,1,3H3. The fraction of sp³-hybridized carbons (Fsp3) is 0.714. The third-order valence-electron chi connectivity index (χ3n) is 1.41. The van der Waals surface area contributed by atoms with Crippen molar-refractivity contribution in [2.24, 2.45) is 0 Å². The summed E-state index contributed by atoms with van der Waals surface area (Å²) >= 11 is 0. The molecule has 4 nitrogen and oxygen atoms in total. The summed E-state index contributed by atoms with van der Waals surface area (Å²) in [4.78, 5) is 0. The van der Waals surface area contributed by atoms with Crippen molar-refractivity contribution in [3.05, 3.63) is 12.0 Å². The molecule has 0 rings (SSSR count). The minimum atomic E-state index is -3.32. The lowest BCUT2D eigenvalue weighted by atomic mass is 10.3. The predicted octanol–water partition coefficient (Wildman–Crippen LogP) is 0.474. The molecule has 1 atom stereocenters. The Balaban J connectivity index is 4.11. The first-order valence-electron chi connectivity index (χ1n) is 3.69. The molecule has 0 radical (unpaired) electrons. The van der Waals surface area contributed by atoms with Crippen LogP contribution in [0.25, 0.3) is 0 Å². The molecular formula is C7H15NO3S. The number of hydrogen-bond acceptors (Lipinski definition) is 3. The van der Waals surface area contributed by atoms with Crippen molar-refractivity contribution in [3.8, 4) is 0 Å². The van der Waals surface area contributed by atoms with Crippen molar-refractivity contribution in [2.45, 2.75) is 19.4 Å². The molecule has 0 saturated carbocycles. The lowest BCUT2D eigenvalue weighted by Crippen LogP contribution is -2.36. The molecule has 0 aliphatic rings. The molecule has 72 valence electrons. The summed E-state index contributed by atoms with van der Waals surface area (Å²) in [5.41, 5.74) is 0. The van der Waals surface area contributed by atoms with E-state index < -0.39 is 10.0 Å². The number of sulfonamides is 1. The Bertz CT molecular complexity index is 223. The number of methoxy groups -OCH3 is 1. The van der Waals surface area contributed by atoms with Crippen LogP contribution in [0.1, 0.15) is 13.3 Å².